The number of nitrogens with zero attached hydrogens (tertiary/aromatic N) is 1. The summed E-state index contributed by atoms with van der Waals surface area (Å²) in [5.41, 5.74) is 1.49. The average molecular weight is 458 g/mol. The Morgan fingerprint density at radius 1 is 1.06 bits per heavy atom. The van der Waals surface area contributed by atoms with Crippen molar-refractivity contribution in [3.63, 3.8) is 0 Å². The van der Waals surface area contributed by atoms with Crippen LogP contribution in [0.1, 0.15) is 36.1 Å². The van der Waals surface area contributed by atoms with Crippen molar-refractivity contribution in [1.29, 1.82) is 0 Å². The molecule has 4 rings (SSSR count). The number of benzene rings is 3. The lowest BCUT2D eigenvalue weighted by Crippen LogP contribution is -2.58. The molecule has 0 unspecified atom stereocenters. The first kappa shape index (κ1) is 22.1. The molecule has 3 aromatic rings. The smallest absolute Gasteiger partial charge is 0.241 e. The Kier molecular flexibility index (Phi) is 6.08. The van der Waals surface area contributed by atoms with Crippen LogP contribution in [0.4, 0.5) is 10.1 Å². The van der Waals surface area contributed by atoms with Gasteiger partial charge in [-0.15, -0.1) is 0 Å². The fourth-order valence-corrected chi connectivity index (χ4v) is 6.26. The zero-order valence-electron chi connectivity index (χ0n) is 17.4. The van der Waals surface area contributed by atoms with Gasteiger partial charge in [0.15, 0.2) is 0 Å². The van der Waals surface area contributed by atoms with E-state index in [0.717, 1.165) is 0 Å². The molecule has 1 fully saturated rings. The number of anilines is 1. The van der Waals surface area contributed by atoms with Gasteiger partial charge in [0.1, 0.15) is 22.6 Å². The normalized spacial score (nSPS) is 20.4. The number of phenolic OH excluding ortho intramolecular Hbond substituents is 1. The molecule has 0 spiro atoms. The Hall–Kier alpha value is -3.10. The molecule has 3 atom stereocenters. The lowest BCUT2D eigenvalue weighted by molar-refractivity contribution is 0.162. The van der Waals surface area contributed by atoms with Crippen LogP contribution in [0, 0.1) is 5.82 Å². The minimum absolute atomic E-state index is 0.0609. The van der Waals surface area contributed by atoms with Crippen LogP contribution >= 0.6 is 0 Å². The summed E-state index contributed by atoms with van der Waals surface area (Å²) < 4.78 is 46.1. The number of aromatic hydroxyl groups is 1. The van der Waals surface area contributed by atoms with Gasteiger partial charge in [0.05, 0.1) is 24.9 Å². The van der Waals surface area contributed by atoms with Gasteiger partial charge in [0, 0.05) is 11.6 Å². The molecular formula is C24H24FNO5S. The molecule has 6 nitrogen and oxygen atoms in total. The van der Waals surface area contributed by atoms with E-state index in [1.807, 2.05) is 0 Å². The van der Waals surface area contributed by atoms with E-state index in [1.165, 1.54) is 41.7 Å². The first-order chi connectivity index (χ1) is 15.3. The van der Waals surface area contributed by atoms with Crippen LogP contribution in [-0.4, -0.2) is 31.0 Å². The zero-order valence-corrected chi connectivity index (χ0v) is 18.2. The van der Waals surface area contributed by atoms with Crippen LogP contribution in [0.15, 0.2) is 72.8 Å². The van der Waals surface area contributed by atoms with E-state index in [0.29, 0.717) is 22.6 Å². The van der Waals surface area contributed by atoms with Crippen molar-refractivity contribution in [3.8, 4) is 11.5 Å². The summed E-state index contributed by atoms with van der Waals surface area (Å²) in [5, 5.41) is 20.3. The summed E-state index contributed by atoms with van der Waals surface area (Å²) >= 11 is 0. The highest BCUT2D eigenvalue weighted by Gasteiger charge is 2.54. The summed E-state index contributed by atoms with van der Waals surface area (Å²) in [5.74, 6) is -0.00620. The number of aliphatic hydroxyl groups excluding tert-OH is 1. The fourth-order valence-electron chi connectivity index (χ4n) is 4.15. The molecule has 8 heteroatoms. The number of hydrogen-bond acceptors (Lipinski definition) is 5. The molecule has 0 radical (unpaired) electrons. The number of methoxy groups -OCH3 is 1. The molecule has 1 saturated heterocycles. The molecular weight excluding hydrogens is 433 g/mol. The van der Waals surface area contributed by atoms with Crippen molar-refractivity contribution in [2.24, 2.45) is 0 Å². The van der Waals surface area contributed by atoms with Gasteiger partial charge in [-0.05, 0) is 54.8 Å². The number of hydrogen-bond donors (Lipinski definition) is 2. The third-order valence-electron chi connectivity index (χ3n) is 5.81. The third-order valence-corrected chi connectivity index (χ3v) is 8.05. The van der Waals surface area contributed by atoms with E-state index in [1.54, 1.807) is 42.5 Å². The number of sulfonamides is 1. The van der Waals surface area contributed by atoms with Crippen LogP contribution in [-0.2, 0) is 10.0 Å². The van der Waals surface area contributed by atoms with E-state index < -0.39 is 33.2 Å². The van der Waals surface area contributed by atoms with Gasteiger partial charge in [-0.2, -0.15) is 0 Å². The Labute approximate surface area is 186 Å². The summed E-state index contributed by atoms with van der Waals surface area (Å²) in [7, 11) is -2.23. The zero-order chi connectivity index (χ0) is 22.9. The second-order valence-electron chi connectivity index (χ2n) is 7.73. The Balaban J connectivity index is 1.64. The van der Waals surface area contributed by atoms with Crippen LogP contribution in [0.25, 0.3) is 0 Å². The summed E-state index contributed by atoms with van der Waals surface area (Å²) in [4.78, 5) is 0. The van der Waals surface area contributed by atoms with Crippen molar-refractivity contribution >= 4 is 15.7 Å². The summed E-state index contributed by atoms with van der Waals surface area (Å²) in [6.07, 6.45) is -0.590. The van der Waals surface area contributed by atoms with E-state index in [4.69, 9.17) is 4.74 Å². The topological polar surface area (TPSA) is 87.1 Å². The van der Waals surface area contributed by atoms with Crippen molar-refractivity contribution in [3.05, 3.63) is 89.7 Å². The molecule has 0 aromatic heterocycles. The second-order valence-corrected chi connectivity index (χ2v) is 9.76. The predicted molar refractivity (Wildman–Crippen MR) is 120 cm³/mol. The molecule has 2 N–H and O–H groups in total. The van der Waals surface area contributed by atoms with Gasteiger partial charge in [0.25, 0.3) is 0 Å². The van der Waals surface area contributed by atoms with Gasteiger partial charge in [0.2, 0.25) is 10.0 Å². The van der Waals surface area contributed by atoms with Crippen molar-refractivity contribution in [2.45, 2.75) is 30.2 Å². The maximum Gasteiger partial charge on any atom is 0.241 e. The van der Waals surface area contributed by atoms with Gasteiger partial charge in [-0.25, -0.2) is 12.8 Å². The predicted octanol–water partition coefficient (Wildman–Crippen LogP) is 4.31. The van der Waals surface area contributed by atoms with Gasteiger partial charge >= 0.3 is 0 Å². The second kappa shape index (κ2) is 8.80. The lowest BCUT2D eigenvalue weighted by atomic mass is 9.95. The number of para-hydroxylation sites is 1. The molecule has 1 aliphatic rings. The van der Waals surface area contributed by atoms with E-state index >= 15 is 0 Å². The summed E-state index contributed by atoms with van der Waals surface area (Å²) in [6.45, 7) is 0. The molecule has 0 bridgehead atoms. The minimum Gasteiger partial charge on any atom is -0.507 e. The van der Waals surface area contributed by atoms with Crippen LogP contribution in [0.2, 0.25) is 0 Å². The Bertz CT molecular complexity index is 1180. The third kappa shape index (κ3) is 4.03. The van der Waals surface area contributed by atoms with E-state index in [2.05, 4.69) is 0 Å². The van der Waals surface area contributed by atoms with Crippen molar-refractivity contribution < 1.29 is 27.8 Å². The largest absolute Gasteiger partial charge is 0.507 e. The highest BCUT2D eigenvalue weighted by atomic mass is 32.2. The number of ether oxygens (including phenoxy) is 1. The Morgan fingerprint density at radius 3 is 2.38 bits per heavy atom. The van der Waals surface area contributed by atoms with Crippen LogP contribution in [0.5, 0.6) is 11.5 Å². The molecule has 168 valence electrons. The highest BCUT2D eigenvalue weighted by molar-refractivity contribution is 7.95. The molecule has 1 aliphatic heterocycles. The molecule has 3 aromatic carbocycles. The van der Waals surface area contributed by atoms with Crippen LogP contribution in [0.3, 0.4) is 0 Å². The molecule has 1 heterocycles. The molecule has 0 aliphatic carbocycles. The van der Waals surface area contributed by atoms with E-state index in [9.17, 15) is 23.0 Å². The number of aliphatic hydroxyl groups is 1. The van der Waals surface area contributed by atoms with Gasteiger partial charge < -0.3 is 14.9 Å². The van der Waals surface area contributed by atoms with Crippen LogP contribution < -0.4 is 9.04 Å². The lowest BCUT2D eigenvalue weighted by Gasteiger charge is -2.48. The van der Waals surface area contributed by atoms with Crippen molar-refractivity contribution in [1.82, 2.24) is 0 Å². The maximum absolute atomic E-state index is 13.2. The number of phenols is 1. The Morgan fingerprint density at radius 2 is 1.75 bits per heavy atom. The minimum atomic E-state index is -3.71. The van der Waals surface area contributed by atoms with E-state index in [-0.39, 0.29) is 18.6 Å². The molecule has 32 heavy (non-hydrogen) atoms. The summed E-state index contributed by atoms with van der Waals surface area (Å²) in [6, 6.07) is 18.3. The maximum atomic E-state index is 13.2. The van der Waals surface area contributed by atoms with Gasteiger partial charge in [-0.1, -0.05) is 30.3 Å². The molecule has 0 saturated carbocycles. The fraction of sp³-hybridized carbons (Fsp3) is 0.250. The SMILES string of the molecule is COc1ccc([C@@H]2[C@H](CC[C@H](O)c3ccc(F)cc3)S(=O)(=O)N2c2ccccc2)c(O)c1. The monoisotopic (exact) mass is 457 g/mol. The first-order valence-corrected chi connectivity index (χ1v) is 11.7. The average Bonchev–Trinajstić information content (AvgIpc) is 2.78. The molecule has 0 amide bonds. The van der Waals surface area contributed by atoms with Gasteiger partial charge in [-0.3, -0.25) is 4.31 Å². The highest BCUT2D eigenvalue weighted by Crippen LogP contribution is 2.50. The first-order valence-electron chi connectivity index (χ1n) is 10.2. The number of halogens is 1. The standard InChI is InChI=1S/C24H24FNO5S/c1-31-19-11-12-20(22(28)15-19)24-23(14-13-21(27)16-7-9-17(25)10-8-16)32(29,30)26(24)18-5-3-2-4-6-18/h2-12,15,21,23-24,27-28H,13-14H2,1H3/t21-,23-,24+/m0/s1. The quantitative estimate of drug-likeness (QED) is 0.552. The van der Waals surface area contributed by atoms with Crippen molar-refractivity contribution in [2.75, 3.05) is 11.4 Å². The number of rotatable bonds is 7.